The molecule has 13 heavy (non-hydrogen) atoms. The summed E-state index contributed by atoms with van der Waals surface area (Å²) >= 11 is 6.37. The van der Waals surface area contributed by atoms with Crippen LogP contribution in [0.5, 0.6) is 0 Å². The zero-order chi connectivity index (χ0) is 10.1. The highest BCUT2D eigenvalue weighted by molar-refractivity contribution is 9.11. The van der Waals surface area contributed by atoms with E-state index >= 15 is 0 Å². The largest absolute Gasteiger partial charge is 0.241 e. The molecule has 0 unspecified atom stereocenters. The van der Waals surface area contributed by atoms with Crippen molar-refractivity contribution in [1.82, 2.24) is 4.72 Å². The number of rotatable bonds is 2. The number of halogens is 2. The maximum atomic E-state index is 11.4. The summed E-state index contributed by atoms with van der Waals surface area (Å²) in [6, 6.07) is 4.98. The average molecular weight is 329 g/mol. The molecular weight excluding hydrogens is 322 g/mol. The lowest BCUT2D eigenvalue weighted by molar-refractivity contribution is 0.587. The first kappa shape index (κ1) is 11.2. The monoisotopic (exact) mass is 327 g/mol. The van der Waals surface area contributed by atoms with E-state index in [1.165, 1.54) is 13.1 Å². The molecule has 0 heterocycles. The van der Waals surface area contributed by atoms with Crippen LogP contribution in [0.2, 0.25) is 0 Å². The molecule has 1 aromatic rings. The summed E-state index contributed by atoms with van der Waals surface area (Å²) in [4.78, 5) is 0.226. The SMILES string of the molecule is CNS(=O)(=O)c1cc(Br)ccc1Br. The average Bonchev–Trinajstić information content (AvgIpc) is 2.09. The van der Waals surface area contributed by atoms with Crippen LogP contribution in [0.3, 0.4) is 0 Å². The molecular formula is C7H7Br2NO2S. The molecule has 0 aromatic heterocycles. The normalized spacial score (nSPS) is 11.6. The maximum absolute atomic E-state index is 11.4. The molecule has 0 amide bonds. The Morgan fingerprint density at radius 2 is 1.92 bits per heavy atom. The van der Waals surface area contributed by atoms with Crippen molar-refractivity contribution in [2.45, 2.75) is 4.90 Å². The van der Waals surface area contributed by atoms with Crippen LogP contribution in [0.15, 0.2) is 32.0 Å². The molecule has 1 aromatic carbocycles. The van der Waals surface area contributed by atoms with Gasteiger partial charge < -0.3 is 0 Å². The summed E-state index contributed by atoms with van der Waals surface area (Å²) < 4.78 is 26.3. The Morgan fingerprint density at radius 3 is 2.46 bits per heavy atom. The molecule has 0 saturated heterocycles. The minimum Gasteiger partial charge on any atom is -0.214 e. The summed E-state index contributed by atoms with van der Waals surface area (Å²) in [5, 5.41) is 0. The van der Waals surface area contributed by atoms with Gasteiger partial charge in [-0.05, 0) is 41.2 Å². The summed E-state index contributed by atoms with van der Waals surface area (Å²) in [6.45, 7) is 0. The highest BCUT2D eigenvalue weighted by Gasteiger charge is 2.15. The van der Waals surface area contributed by atoms with Crippen LogP contribution in [0.25, 0.3) is 0 Å². The summed E-state index contributed by atoms with van der Waals surface area (Å²) in [5.41, 5.74) is 0. The van der Waals surface area contributed by atoms with Crippen molar-refractivity contribution in [2.75, 3.05) is 7.05 Å². The van der Waals surface area contributed by atoms with Crippen LogP contribution in [0.1, 0.15) is 0 Å². The molecule has 6 heteroatoms. The van der Waals surface area contributed by atoms with Crippen LogP contribution >= 0.6 is 31.9 Å². The summed E-state index contributed by atoms with van der Waals surface area (Å²) in [6.07, 6.45) is 0. The number of sulfonamides is 1. The van der Waals surface area contributed by atoms with E-state index in [4.69, 9.17) is 0 Å². The Labute approximate surface area is 93.8 Å². The van der Waals surface area contributed by atoms with Crippen molar-refractivity contribution < 1.29 is 8.42 Å². The minimum atomic E-state index is -3.38. The van der Waals surface area contributed by atoms with Crippen molar-refractivity contribution in [3.63, 3.8) is 0 Å². The molecule has 1 rings (SSSR count). The maximum Gasteiger partial charge on any atom is 0.241 e. The third-order valence-electron chi connectivity index (χ3n) is 1.45. The Morgan fingerprint density at radius 1 is 1.31 bits per heavy atom. The lowest BCUT2D eigenvalue weighted by Gasteiger charge is -2.04. The van der Waals surface area contributed by atoms with Crippen LogP contribution < -0.4 is 4.72 Å². The fourth-order valence-corrected chi connectivity index (χ4v) is 3.02. The van der Waals surface area contributed by atoms with Gasteiger partial charge in [0.25, 0.3) is 0 Å². The Hall–Kier alpha value is 0.0900. The van der Waals surface area contributed by atoms with E-state index in [0.717, 1.165) is 4.47 Å². The van der Waals surface area contributed by atoms with E-state index in [1.807, 2.05) is 0 Å². The lowest BCUT2D eigenvalue weighted by atomic mass is 10.4. The first-order chi connectivity index (χ1) is 5.97. The fraction of sp³-hybridized carbons (Fsp3) is 0.143. The fourth-order valence-electron chi connectivity index (χ4n) is 0.793. The van der Waals surface area contributed by atoms with E-state index in [2.05, 4.69) is 36.6 Å². The predicted octanol–water partition coefficient (Wildman–Crippen LogP) is 2.12. The Balaban J connectivity index is 3.38. The van der Waals surface area contributed by atoms with Crippen molar-refractivity contribution in [3.8, 4) is 0 Å². The van der Waals surface area contributed by atoms with E-state index in [9.17, 15) is 8.42 Å². The summed E-state index contributed by atoms with van der Waals surface area (Å²) in [7, 11) is -2.00. The number of nitrogens with one attached hydrogen (secondary N) is 1. The predicted molar refractivity (Wildman–Crippen MR) is 58.1 cm³/mol. The molecule has 0 aliphatic carbocycles. The molecule has 0 spiro atoms. The van der Waals surface area contributed by atoms with Crippen LogP contribution in [0, 0.1) is 0 Å². The molecule has 3 nitrogen and oxygen atoms in total. The molecule has 0 atom stereocenters. The Kier molecular flexibility index (Phi) is 3.50. The molecule has 0 aliphatic rings. The van der Waals surface area contributed by atoms with Crippen LogP contribution in [0.4, 0.5) is 0 Å². The van der Waals surface area contributed by atoms with Crippen molar-refractivity contribution in [3.05, 3.63) is 27.1 Å². The zero-order valence-corrected chi connectivity index (χ0v) is 10.7. The van der Waals surface area contributed by atoms with Gasteiger partial charge in [-0.3, -0.25) is 0 Å². The molecule has 0 aliphatic heterocycles. The first-order valence-electron chi connectivity index (χ1n) is 3.36. The van der Waals surface area contributed by atoms with Gasteiger partial charge in [0.05, 0.1) is 4.90 Å². The smallest absolute Gasteiger partial charge is 0.214 e. The molecule has 0 saturated carbocycles. The van der Waals surface area contributed by atoms with E-state index in [1.54, 1.807) is 12.1 Å². The van der Waals surface area contributed by atoms with Gasteiger partial charge in [0, 0.05) is 8.95 Å². The van der Waals surface area contributed by atoms with E-state index in [0.29, 0.717) is 4.47 Å². The van der Waals surface area contributed by atoms with Gasteiger partial charge in [0.1, 0.15) is 0 Å². The van der Waals surface area contributed by atoms with Gasteiger partial charge >= 0.3 is 0 Å². The highest BCUT2D eigenvalue weighted by atomic mass is 79.9. The van der Waals surface area contributed by atoms with Crippen LogP contribution in [-0.4, -0.2) is 15.5 Å². The van der Waals surface area contributed by atoms with Crippen molar-refractivity contribution in [2.24, 2.45) is 0 Å². The second-order valence-electron chi connectivity index (χ2n) is 2.28. The van der Waals surface area contributed by atoms with Gasteiger partial charge in [-0.1, -0.05) is 15.9 Å². The lowest BCUT2D eigenvalue weighted by Crippen LogP contribution is -2.18. The second-order valence-corrected chi connectivity index (χ2v) is 5.91. The number of benzene rings is 1. The van der Waals surface area contributed by atoms with Gasteiger partial charge in [-0.15, -0.1) is 0 Å². The summed E-state index contributed by atoms with van der Waals surface area (Å²) in [5.74, 6) is 0. The Bertz CT molecular complexity index is 417. The van der Waals surface area contributed by atoms with Gasteiger partial charge in [0.2, 0.25) is 10.0 Å². The molecule has 1 N–H and O–H groups in total. The topological polar surface area (TPSA) is 46.2 Å². The number of hydrogen-bond acceptors (Lipinski definition) is 2. The van der Waals surface area contributed by atoms with Crippen molar-refractivity contribution >= 4 is 41.9 Å². The van der Waals surface area contributed by atoms with Crippen LogP contribution in [-0.2, 0) is 10.0 Å². The molecule has 0 radical (unpaired) electrons. The zero-order valence-electron chi connectivity index (χ0n) is 6.71. The number of hydrogen-bond donors (Lipinski definition) is 1. The van der Waals surface area contributed by atoms with Crippen molar-refractivity contribution in [1.29, 1.82) is 0 Å². The molecule has 0 bridgehead atoms. The standard InChI is InChI=1S/C7H7Br2NO2S/c1-10-13(11,12)7-4-5(8)2-3-6(7)9/h2-4,10H,1H3. The third-order valence-corrected chi connectivity index (χ3v) is 4.35. The van der Waals surface area contributed by atoms with Gasteiger partial charge in [0.15, 0.2) is 0 Å². The third kappa shape index (κ3) is 2.52. The molecule has 72 valence electrons. The van der Waals surface area contributed by atoms with E-state index < -0.39 is 10.0 Å². The van der Waals surface area contributed by atoms with E-state index in [-0.39, 0.29) is 4.90 Å². The van der Waals surface area contributed by atoms with Gasteiger partial charge in [-0.25, -0.2) is 13.1 Å². The quantitative estimate of drug-likeness (QED) is 0.904. The minimum absolute atomic E-state index is 0.226. The first-order valence-corrected chi connectivity index (χ1v) is 6.43. The molecule has 0 fully saturated rings. The van der Waals surface area contributed by atoms with Gasteiger partial charge in [-0.2, -0.15) is 0 Å². The second kappa shape index (κ2) is 4.08. The highest BCUT2D eigenvalue weighted by Crippen LogP contribution is 2.25.